The fourth-order valence-corrected chi connectivity index (χ4v) is 3.38. The second-order valence-corrected chi connectivity index (χ2v) is 5.99. The highest BCUT2D eigenvalue weighted by Gasteiger charge is 2.47. The van der Waals surface area contributed by atoms with Gasteiger partial charge in [0, 0.05) is 23.8 Å². The van der Waals surface area contributed by atoms with Crippen LogP contribution < -0.4 is 4.90 Å². The van der Waals surface area contributed by atoms with Gasteiger partial charge in [-0.3, -0.25) is 9.91 Å². The molecule has 0 unspecified atom stereocenters. The summed E-state index contributed by atoms with van der Waals surface area (Å²) in [5.74, 6) is 0. The average molecular weight is 314 g/mol. The number of halogens is 1. The molecular weight excluding hydrogens is 298 g/mol. The van der Waals surface area contributed by atoms with Crippen molar-refractivity contribution in [2.75, 3.05) is 18.0 Å². The van der Waals surface area contributed by atoms with Gasteiger partial charge < -0.3 is 0 Å². The number of anilines is 1. The number of rotatable bonds is 2. The van der Waals surface area contributed by atoms with Crippen LogP contribution >= 0.6 is 11.6 Å². The number of hydrazine groups is 1. The van der Waals surface area contributed by atoms with Gasteiger partial charge in [0.25, 0.3) is 0 Å². The van der Waals surface area contributed by atoms with Gasteiger partial charge in [-0.15, -0.1) is 0 Å². The maximum atomic E-state index is 12.8. The Kier molecular flexibility index (Phi) is 3.28. The summed E-state index contributed by atoms with van der Waals surface area (Å²) in [6.45, 7) is 1.68. The van der Waals surface area contributed by atoms with Crippen LogP contribution in [-0.4, -0.2) is 29.1 Å². The molecule has 5 heteroatoms. The third-order valence-electron chi connectivity index (χ3n) is 4.22. The first-order valence-corrected chi connectivity index (χ1v) is 7.81. The first-order chi connectivity index (χ1) is 10.8. The fourth-order valence-electron chi connectivity index (χ4n) is 3.25. The van der Waals surface area contributed by atoms with Gasteiger partial charge in [0.2, 0.25) is 0 Å². The van der Waals surface area contributed by atoms with Gasteiger partial charge in [-0.2, -0.15) is 5.01 Å². The van der Waals surface area contributed by atoms with Crippen molar-refractivity contribution in [3.8, 4) is 0 Å². The predicted octanol–water partition coefficient (Wildman–Crippen LogP) is 3.90. The Balaban J connectivity index is 1.80. The first kappa shape index (κ1) is 13.6. The lowest BCUT2D eigenvalue weighted by Crippen LogP contribution is -2.32. The first-order valence-electron chi connectivity index (χ1n) is 7.43. The number of hydrogen-bond acceptors (Lipinski definition) is 2. The van der Waals surface area contributed by atoms with E-state index in [0.717, 1.165) is 30.8 Å². The molecule has 2 fully saturated rings. The average Bonchev–Trinajstić information content (AvgIpc) is 3.12. The highest BCUT2D eigenvalue weighted by molar-refractivity contribution is 6.30. The van der Waals surface area contributed by atoms with E-state index in [1.807, 2.05) is 64.5 Å². The Hall–Kier alpha value is -2.04. The Morgan fingerprint density at radius 3 is 2.41 bits per heavy atom. The highest BCUT2D eigenvalue weighted by Crippen LogP contribution is 2.40. The predicted molar refractivity (Wildman–Crippen MR) is 86.5 cm³/mol. The van der Waals surface area contributed by atoms with Gasteiger partial charge in [-0.1, -0.05) is 41.9 Å². The van der Waals surface area contributed by atoms with Crippen molar-refractivity contribution >= 4 is 23.3 Å². The number of urea groups is 1. The molecule has 0 spiro atoms. The van der Waals surface area contributed by atoms with Crippen LogP contribution in [0.4, 0.5) is 10.5 Å². The normalized spacial score (nSPS) is 21.5. The number of para-hydroxylation sites is 1. The van der Waals surface area contributed by atoms with Gasteiger partial charge >= 0.3 is 6.03 Å². The number of fused-ring (bicyclic) bond motifs is 1. The molecule has 0 bridgehead atoms. The smallest absolute Gasteiger partial charge is 0.271 e. The summed E-state index contributed by atoms with van der Waals surface area (Å²) in [5, 5.41) is 4.71. The van der Waals surface area contributed by atoms with Gasteiger partial charge in [-0.05, 0) is 36.2 Å². The van der Waals surface area contributed by atoms with Crippen LogP contribution in [0.3, 0.4) is 0 Å². The minimum atomic E-state index is -0.102. The minimum absolute atomic E-state index is 0.0450. The molecule has 0 saturated carbocycles. The van der Waals surface area contributed by atoms with E-state index in [0.29, 0.717) is 5.02 Å². The van der Waals surface area contributed by atoms with Crippen molar-refractivity contribution in [3.63, 3.8) is 0 Å². The third kappa shape index (κ3) is 2.07. The van der Waals surface area contributed by atoms with Crippen LogP contribution in [0, 0.1) is 0 Å². The number of amides is 2. The number of carbonyl (C=O) groups is 1. The van der Waals surface area contributed by atoms with E-state index in [-0.39, 0.29) is 12.2 Å². The van der Waals surface area contributed by atoms with E-state index in [1.54, 1.807) is 0 Å². The molecular formula is C17H16ClN3O. The number of nitrogens with zero attached hydrogens (tertiary/aromatic N) is 3. The lowest BCUT2D eigenvalue weighted by molar-refractivity contribution is 0.0728. The molecule has 112 valence electrons. The Bertz CT molecular complexity index is 689. The fraction of sp³-hybridized carbons (Fsp3) is 0.235. The zero-order valence-electron chi connectivity index (χ0n) is 12.0. The quantitative estimate of drug-likeness (QED) is 0.840. The Morgan fingerprint density at radius 2 is 1.68 bits per heavy atom. The molecule has 0 aliphatic carbocycles. The molecule has 2 aliphatic rings. The molecule has 2 aromatic rings. The van der Waals surface area contributed by atoms with Gasteiger partial charge in [0.15, 0.2) is 0 Å². The van der Waals surface area contributed by atoms with E-state index in [9.17, 15) is 4.79 Å². The third-order valence-corrected chi connectivity index (χ3v) is 4.48. The molecule has 2 saturated heterocycles. The van der Waals surface area contributed by atoms with Gasteiger partial charge in [0.05, 0.1) is 0 Å². The molecule has 2 amide bonds. The molecule has 0 aromatic heterocycles. The molecule has 2 heterocycles. The summed E-state index contributed by atoms with van der Waals surface area (Å²) in [4.78, 5) is 14.7. The van der Waals surface area contributed by atoms with Crippen molar-refractivity contribution in [3.05, 3.63) is 65.2 Å². The van der Waals surface area contributed by atoms with Crippen LogP contribution in [0.5, 0.6) is 0 Å². The maximum absolute atomic E-state index is 12.8. The number of benzene rings is 2. The molecule has 2 aliphatic heterocycles. The van der Waals surface area contributed by atoms with E-state index >= 15 is 0 Å². The molecule has 2 aromatic carbocycles. The summed E-state index contributed by atoms with van der Waals surface area (Å²) >= 11 is 6.01. The summed E-state index contributed by atoms with van der Waals surface area (Å²) in [5.41, 5.74) is 1.99. The number of carbonyl (C=O) groups excluding carboxylic acids is 1. The highest BCUT2D eigenvalue weighted by atomic mass is 35.5. The summed E-state index contributed by atoms with van der Waals surface area (Å²) in [7, 11) is 0. The van der Waals surface area contributed by atoms with Gasteiger partial charge in [-0.25, -0.2) is 4.79 Å². The monoisotopic (exact) mass is 313 g/mol. The zero-order valence-corrected chi connectivity index (χ0v) is 12.8. The second-order valence-electron chi connectivity index (χ2n) is 5.55. The molecule has 1 atom stereocenters. The Labute approximate surface area is 134 Å². The van der Waals surface area contributed by atoms with E-state index < -0.39 is 0 Å². The van der Waals surface area contributed by atoms with Gasteiger partial charge in [0.1, 0.15) is 6.17 Å². The van der Waals surface area contributed by atoms with E-state index in [4.69, 9.17) is 11.6 Å². The number of hydrogen-bond donors (Lipinski definition) is 0. The molecule has 4 nitrogen and oxygen atoms in total. The summed E-state index contributed by atoms with van der Waals surface area (Å²) < 4.78 is 0. The van der Waals surface area contributed by atoms with Crippen molar-refractivity contribution in [2.24, 2.45) is 0 Å². The second kappa shape index (κ2) is 5.30. The van der Waals surface area contributed by atoms with Crippen LogP contribution in [0.1, 0.15) is 18.2 Å². The molecule has 22 heavy (non-hydrogen) atoms. The molecule has 0 radical (unpaired) electrons. The van der Waals surface area contributed by atoms with Crippen molar-refractivity contribution in [1.82, 2.24) is 10.0 Å². The standard InChI is InChI=1S/C17H16ClN3O/c18-14-9-7-13(8-10-14)16-19-11-4-12-20(19)17(22)21(16)15-5-2-1-3-6-15/h1-3,5-10,16H,4,11-12H2/t16-/m0/s1. The maximum Gasteiger partial charge on any atom is 0.340 e. The van der Waals surface area contributed by atoms with Crippen LogP contribution in [0.15, 0.2) is 54.6 Å². The minimum Gasteiger partial charge on any atom is -0.271 e. The lowest BCUT2D eigenvalue weighted by atomic mass is 10.1. The van der Waals surface area contributed by atoms with Crippen LogP contribution in [-0.2, 0) is 0 Å². The molecule has 4 rings (SSSR count). The van der Waals surface area contributed by atoms with Crippen LogP contribution in [0.25, 0.3) is 0 Å². The zero-order chi connectivity index (χ0) is 15.1. The lowest BCUT2D eigenvalue weighted by Gasteiger charge is -2.28. The molecule has 0 N–H and O–H groups in total. The van der Waals surface area contributed by atoms with Crippen molar-refractivity contribution in [2.45, 2.75) is 12.6 Å². The SMILES string of the molecule is O=C1N(c2ccccc2)[C@@H](c2ccc(Cl)cc2)N2CCCN12. The summed E-state index contributed by atoms with van der Waals surface area (Å²) in [6.07, 6.45) is 0.910. The van der Waals surface area contributed by atoms with Crippen molar-refractivity contribution in [1.29, 1.82) is 0 Å². The topological polar surface area (TPSA) is 26.8 Å². The van der Waals surface area contributed by atoms with E-state index in [1.165, 1.54) is 0 Å². The van der Waals surface area contributed by atoms with Crippen molar-refractivity contribution < 1.29 is 4.79 Å². The van der Waals surface area contributed by atoms with E-state index in [2.05, 4.69) is 5.01 Å². The van der Waals surface area contributed by atoms with Crippen LogP contribution in [0.2, 0.25) is 5.02 Å². The largest absolute Gasteiger partial charge is 0.340 e. The summed E-state index contributed by atoms with van der Waals surface area (Å²) in [6, 6.07) is 17.6. The Morgan fingerprint density at radius 1 is 0.955 bits per heavy atom.